The van der Waals surface area contributed by atoms with E-state index in [4.69, 9.17) is 5.73 Å². The Labute approximate surface area is 408 Å². The van der Waals surface area contributed by atoms with Crippen LogP contribution in [0, 0.1) is 0 Å². The lowest BCUT2D eigenvalue weighted by molar-refractivity contribution is 0.0602. The largest absolute Gasteiger partial charge is 0.328 e. The van der Waals surface area contributed by atoms with E-state index < -0.39 is 0 Å². The summed E-state index contributed by atoms with van der Waals surface area (Å²) < 4.78 is 0. The van der Waals surface area contributed by atoms with E-state index in [-0.39, 0.29) is 0 Å². The van der Waals surface area contributed by atoms with E-state index in [1.54, 1.807) is 0 Å². The van der Waals surface area contributed by atoms with Crippen LogP contribution in [0.2, 0.25) is 0 Å². The molecular weight excluding hydrogens is 801 g/mol. The Morgan fingerprint density at radius 2 is 0.723 bits per heavy atom. The van der Waals surface area contributed by atoms with Gasteiger partial charge in [0.15, 0.2) is 0 Å². The summed E-state index contributed by atoms with van der Waals surface area (Å²) in [5.41, 5.74) is 7.57. The Balaban J connectivity index is 0.000000408. The number of nitrogens with zero attached hydrogens (tertiary/aromatic N) is 6. The van der Waals surface area contributed by atoms with Crippen molar-refractivity contribution in [3.05, 3.63) is 0 Å². The number of likely N-dealkylation sites (tertiary alicyclic amines) is 5. The molecular formula is C55H120N10. The van der Waals surface area contributed by atoms with Crippen molar-refractivity contribution in [2.75, 3.05) is 92.1 Å². The van der Waals surface area contributed by atoms with Crippen molar-refractivity contribution < 1.29 is 0 Å². The minimum absolute atomic E-state index is 0.333. The molecule has 5 heterocycles. The standard InChI is InChI=1S/C13H28N2.C12H26N2.C11H24N2.C10H22N2.C9H20N2/c1-6-14(7-2)12-8-10-15(11-9-12)13(3,4)5;1-10(2)13-11-6-8-14(9-7-11)12(3,4)5;1-5-12-10-6-8-13(9-7-10)11(2,3)4;1-10(2,3)12-7-5-9(11-4)6-8-12;1-9(2,3)11-6-4-8(10)5-7-11/h12H,6-11H2,1-5H3;10-11,13H,6-9H2,1-5H3;10,12H,5-9H2,1-4H3;9,11H,5-8H2,1-4H3;8H,4-7,10H2,1-3H3. The van der Waals surface area contributed by atoms with Crippen molar-refractivity contribution in [2.24, 2.45) is 5.73 Å². The van der Waals surface area contributed by atoms with E-state index in [0.717, 1.165) is 43.6 Å². The first kappa shape index (κ1) is 62.6. The van der Waals surface area contributed by atoms with Crippen LogP contribution >= 0.6 is 0 Å². The molecule has 5 saturated heterocycles. The van der Waals surface area contributed by atoms with E-state index in [0.29, 0.717) is 39.8 Å². The lowest BCUT2D eigenvalue weighted by Gasteiger charge is -2.43. The van der Waals surface area contributed by atoms with E-state index in [1.165, 1.54) is 130 Å². The first-order chi connectivity index (χ1) is 30.0. The maximum absolute atomic E-state index is 5.81. The summed E-state index contributed by atoms with van der Waals surface area (Å²) >= 11 is 0. The molecule has 5 aliphatic heterocycles. The zero-order chi connectivity index (χ0) is 49.8. The number of rotatable bonds is 8. The second-order valence-corrected chi connectivity index (χ2v) is 25.6. The average molecular weight is 922 g/mol. The SMILES string of the molecule is CC(C)(C)N1CCC(N)CC1.CC(C)NC1CCN(C(C)(C)C)CC1.CCN(CC)C1CCN(C(C)(C)C)CC1.CCNC1CCN(C(C)(C)C)CC1.CNC1CCN(C(C)(C)C)CC1. The molecule has 0 aromatic carbocycles. The van der Waals surface area contributed by atoms with Gasteiger partial charge >= 0.3 is 0 Å². The average Bonchev–Trinajstić information content (AvgIpc) is 3.21. The van der Waals surface area contributed by atoms with E-state index in [2.05, 4.69) is 191 Å². The second kappa shape index (κ2) is 29.7. The zero-order valence-corrected chi connectivity index (χ0v) is 48.0. The van der Waals surface area contributed by atoms with Crippen LogP contribution < -0.4 is 21.7 Å². The molecule has 10 heteroatoms. The third-order valence-electron chi connectivity index (χ3n) is 15.0. The topological polar surface area (TPSA) is 81.5 Å². The minimum atomic E-state index is 0.333. The van der Waals surface area contributed by atoms with Crippen LogP contribution in [0.5, 0.6) is 0 Å². The number of nitrogens with one attached hydrogen (secondary N) is 3. The molecule has 0 bridgehead atoms. The van der Waals surface area contributed by atoms with Gasteiger partial charge in [-0.1, -0.05) is 34.6 Å². The fraction of sp³-hybridized carbons (Fsp3) is 1.00. The molecule has 5 aliphatic rings. The van der Waals surface area contributed by atoms with Crippen molar-refractivity contribution in [3.8, 4) is 0 Å². The molecule has 0 saturated carbocycles. The molecule has 10 nitrogen and oxygen atoms in total. The predicted octanol–water partition coefficient (Wildman–Crippen LogP) is 9.37. The molecule has 0 spiro atoms. The summed E-state index contributed by atoms with van der Waals surface area (Å²) in [5.74, 6) is 0. The molecule has 390 valence electrons. The lowest BCUT2D eigenvalue weighted by atomic mass is 9.97. The molecule has 5 N–H and O–H groups in total. The number of piperidine rings is 5. The van der Waals surface area contributed by atoms with Crippen LogP contribution in [0.1, 0.15) is 203 Å². The Morgan fingerprint density at radius 3 is 0.985 bits per heavy atom. The molecule has 0 amide bonds. The van der Waals surface area contributed by atoms with Gasteiger partial charge in [-0.2, -0.15) is 0 Å². The van der Waals surface area contributed by atoms with Crippen LogP contribution in [0.3, 0.4) is 0 Å². The summed E-state index contributed by atoms with van der Waals surface area (Å²) in [7, 11) is 2.07. The summed E-state index contributed by atoms with van der Waals surface area (Å²) in [4.78, 5) is 15.5. The highest BCUT2D eigenvalue weighted by atomic mass is 15.2. The van der Waals surface area contributed by atoms with E-state index >= 15 is 0 Å². The molecule has 0 aromatic heterocycles. The Hall–Kier alpha value is -0.400. The number of hydrogen-bond acceptors (Lipinski definition) is 10. The van der Waals surface area contributed by atoms with Gasteiger partial charge in [0.2, 0.25) is 0 Å². The van der Waals surface area contributed by atoms with Crippen molar-refractivity contribution >= 4 is 0 Å². The molecule has 0 radical (unpaired) electrons. The Bertz CT molecular complexity index is 1150. The summed E-state index contributed by atoms with van der Waals surface area (Å²) in [6, 6.07) is 4.18. The fourth-order valence-electron chi connectivity index (χ4n) is 10.3. The number of hydrogen-bond donors (Lipinski definition) is 4. The quantitative estimate of drug-likeness (QED) is 0.189. The summed E-state index contributed by atoms with van der Waals surface area (Å²) in [5, 5.41) is 10.5. The highest BCUT2D eigenvalue weighted by molar-refractivity contribution is 4.88. The van der Waals surface area contributed by atoms with E-state index in [9.17, 15) is 0 Å². The molecule has 0 aromatic rings. The molecule has 5 fully saturated rings. The Kier molecular flexibility index (Phi) is 28.6. The highest BCUT2D eigenvalue weighted by Crippen LogP contribution is 2.25. The molecule has 0 atom stereocenters. The van der Waals surface area contributed by atoms with Crippen LogP contribution in [0.4, 0.5) is 0 Å². The van der Waals surface area contributed by atoms with Gasteiger partial charge < -0.3 is 26.6 Å². The maximum atomic E-state index is 5.81. The zero-order valence-electron chi connectivity index (χ0n) is 48.0. The van der Waals surface area contributed by atoms with Gasteiger partial charge in [0, 0.05) is 129 Å². The minimum Gasteiger partial charge on any atom is -0.328 e. The first-order valence-electron chi connectivity index (χ1n) is 27.4. The van der Waals surface area contributed by atoms with Gasteiger partial charge in [-0.05, 0) is 195 Å². The fourth-order valence-corrected chi connectivity index (χ4v) is 10.3. The lowest BCUT2D eigenvalue weighted by Crippen LogP contribution is -2.50. The molecule has 5 rings (SSSR count). The van der Waals surface area contributed by atoms with Crippen LogP contribution in [-0.4, -0.2) is 185 Å². The Morgan fingerprint density at radius 1 is 0.446 bits per heavy atom. The van der Waals surface area contributed by atoms with Crippen molar-refractivity contribution in [1.29, 1.82) is 0 Å². The molecule has 65 heavy (non-hydrogen) atoms. The second-order valence-electron chi connectivity index (χ2n) is 25.6. The van der Waals surface area contributed by atoms with Crippen LogP contribution in [0.25, 0.3) is 0 Å². The summed E-state index contributed by atoms with van der Waals surface area (Å²) in [6.07, 6.45) is 12.8. The van der Waals surface area contributed by atoms with Crippen molar-refractivity contribution in [1.82, 2.24) is 45.3 Å². The molecule has 0 aliphatic carbocycles. The van der Waals surface area contributed by atoms with Crippen molar-refractivity contribution in [3.63, 3.8) is 0 Å². The third-order valence-corrected chi connectivity index (χ3v) is 15.0. The van der Waals surface area contributed by atoms with Gasteiger partial charge in [0.1, 0.15) is 0 Å². The number of nitrogens with two attached hydrogens (primary N) is 1. The normalized spacial score (nSPS) is 22.3. The van der Waals surface area contributed by atoms with E-state index in [1.807, 2.05) is 0 Å². The molecule has 0 unspecified atom stereocenters. The van der Waals surface area contributed by atoms with Gasteiger partial charge in [0.25, 0.3) is 0 Å². The highest BCUT2D eigenvalue weighted by Gasteiger charge is 2.31. The smallest absolute Gasteiger partial charge is 0.0125 e. The maximum Gasteiger partial charge on any atom is 0.0125 e. The van der Waals surface area contributed by atoms with Gasteiger partial charge in [-0.25, -0.2) is 0 Å². The third kappa shape index (κ3) is 25.9. The van der Waals surface area contributed by atoms with Gasteiger partial charge in [0.05, 0.1) is 0 Å². The van der Waals surface area contributed by atoms with Crippen LogP contribution in [-0.2, 0) is 0 Å². The van der Waals surface area contributed by atoms with Crippen molar-refractivity contribution in [2.45, 2.75) is 267 Å². The predicted molar refractivity (Wildman–Crippen MR) is 290 cm³/mol. The van der Waals surface area contributed by atoms with Crippen LogP contribution in [0.15, 0.2) is 0 Å². The van der Waals surface area contributed by atoms with Gasteiger partial charge in [-0.15, -0.1) is 0 Å². The van der Waals surface area contributed by atoms with Gasteiger partial charge in [-0.3, -0.25) is 24.5 Å². The first-order valence-corrected chi connectivity index (χ1v) is 27.4. The summed E-state index contributed by atoms with van der Waals surface area (Å²) in [6.45, 7) is 61.6. The monoisotopic (exact) mass is 921 g/mol.